The van der Waals surface area contributed by atoms with E-state index in [9.17, 15) is 9.59 Å². The molecule has 20 heavy (non-hydrogen) atoms. The van der Waals surface area contributed by atoms with Crippen molar-refractivity contribution in [3.05, 3.63) is 17.5 Å². The van der Waals surface area contributed by atoms with Gasteiger partial charge in [-0.05, 0) is 39.2 Å². The second-order valence-corrected chi connectivity index (χ2v) is 4.35. The van der Waals surface area contributed by atoms with Crippen molar-refractivity contribution in [3.8, 4) is 0 Å². The summed E-state index contributed by atoms with van der Waals surface area (Å²) in [6, 6.07) is 1.77. The molecular formula is C14H22N2O4. The maximum Gasteiger partial charge on any atom is 0.358 e. The fraction of sp³-hybridized carbons (Fsp3) is 0.643. The first-order valence-corrected chi connectivity index (χ1v) is 6.95. The van der Waals surface area contributed by atoms with Gasteiger partial charge in [0.25, 0.3) is 0 Å². The number of hydrogen-bond acceptors (Lipinski definition) is 5. The van der Waals surface area contributed by atoms with Gasteiger partial charge >= 0.3 is 11.9 Å². The molecule has 0 saturated carbocycles. The highest BCUT2D eigenvalue weighted by Gasteiger charge is 2.14. The van der Waals surface area contributed by atoms with Crippen LogP contribution < -0.4 is 0 Å². The van der Waals surface area contributed by atoms with Gasteiger partial charge < -0.3 is 9.47 Å². The van der Waals surface area contributed by atoms with Crippen LogP contribution >= 0.6 is 0 Å². The van der Waals surface area contributed by atoms with Gasteiger partial charge in [0.2, 0.25) is 0 Å². The summed E-state index contributed by atoms with van der Waals surface area (Å²) in [6.45, 7) is 6.63. The van der Waals surface area contributed by atoms with Crippen molar-refractivity contribution in [1.29, 1.82) is 0 Å². The Morgan fingerprint density at radius 3 is 2.60 bits per heavy atom. The standard InChI is InChI=1S/C14H22N2O4/c1-4-16-12(8-6-7-9-20-11(3)17)10-13(15-16)14(18)19-5-2/h10H,4-9H2,1-3H3. The number of carbonyl (C=O) groups is 2. The van der Waals surface area contributed by atoms with E-state index in [0.29, 0.717) is 25.5 Å². The summed E-state index contributed by atoms with van der Waals surface area (Å²) in [5, 5.41) is 4.23. The molecule has 0 aliphatic heterocycles. The molecule has 1 heterocycles. The van der Waals surface area contributed by atoms with Gasteiger partial charge in [-0.25, -0.2) is 4.79 Å². The molecule has 0 bridgehead atoms. The lowest BCUT2D eigenvalue weighted by Crippen LogP contribution is -2.07. The van der Waals surface area contributed by atoms with Crippen molar-refractivity contribution < 1.29 is 19.1 Å². The molecule has 0 aliphatic rings. The number of aromatic nitrogens is 2. The Morgan fingerprint density at radius 1 is 1.25 bits per heavy atom. The molecule has 6 heteroatoms. The van der Waals surface area contributed by atoms with Crippen LogP contribution in [0.4, 0.5) is 0 Å². The smallest absolute Gasteiger partial charge is 0.358 e. The van der Waals surface area contributed by atoms with E-state index in [0.717, 1.165) is 25.0 Å². The van der Waals surface area contributed by atoms with Crippen molar-refractivity contribution in [2.75, 3.05) is 13.2 Å². The maximum atomic E-state index is 11.6. The van der Waals surface area contributed by atoms with E-state index in [1.807, 2.05) is 6.92 Å². The van der Waals surface area contributed by atoms with Crippen LogP contribution in [0.25, 0.3) is 0 Å². The third kappa shape index (κ3) is 5.03. The quantitative estimate of drug-likeness (QED) is 0.538. The summed E-state index contributed by atoms with van der Waals surface area (Å²) >= 11 is 0. The number of esters is 2. The summed E-state index contributed by atoms with van der Waals surface area (Å²) in [5.41, 5.74) is 1.35. The van der Waals surface area contributed by atoms with E-state index >= 15 is 0 Å². The third-order valence-electron chi connectivity index (χ3n) is 2.78. The Balaban J connectivity index is 2.52. The van der Waals surface area contributed by atoms with Gasteiger partial charge in [0.05, 0.1) is 13.2 Å². The van der Waals surface area contributed by atoms with Crippen molar-refractivity contribution in [1.82, 2.24) is 9.78 Å². The van der Waals surface area contributed by atoms with Gasteiger partial charge in [-0.3, -0.25) is 9.48 Å². The molecule has 1 rings (SSSR count). The molecule has 0 saturated heterocycles. The molecule has 0 atom stereocenters. The summed E-state index contributed by atoms with van der Waals surface area (Å²) in [4.78, 5) is 22.3. The Labute approximate surface area is 119 Å². The minimum Gasteiger partial charge on any atom is -0.466 e. The molecule has 0 unspecified atom stereocenters. The maximum absolute atomic E-state index is 11.6. The molecular weight excluding hydrogens is 260 g/mol. The summed E-state index contributed by atoms with van der Waals surface area (Å²) < 4.78 is 11.6. The van der Waals surface area contributed by atoms with Crippen LogP contribution in [0.3, 0.4) is 0 Å². The number of unbranched alkanes of at least 4 members (excludes halogenated alkanes) is 1. The average molecular weight is 282 g/mol. The minimum atomic E-state index is -0.388. The number of nitrogens with zero attached hydrogens (tertiary/aromatic N) is 2. The molecule has 0 spiro atoms. The first-order chi connectivity index (χ1) is 9.58. The normalized spacial score (nSPS) is 10.3. The van der Waals surface area contributed by atoms with Crippen LogP contribution in [0, 0.1) is 0 Å². The lowest BCUT2D eigenvalue weighted by molar-refractivity contribution is -0.141. The number of carbonyl (C=O) groups excluding carboxylic acids is 2. The van der Waals surface area contributed by atoms with E-state index in [1.165, 1.54) is 6.92 Å². The number of aryl methyl sites for hydroxylation is 2. The van der Waals surface area contributed by atoms with Crippen molar-refractivity contribution >= 4 is 11.9 Å². The van der Waals surface area contributed by atoms with E-state index < -0.39 is 0 Å². The SMILES string of the molecule is CCOC(=O)c1cc(CCCCOC(C)=O)n(CC)n1. The lowest BCUT2D eigenvalue weighted by Gasteiger charge is -2.04. The summed E-state index contributed by atoms with van der Waals surface area (Å²) in [5.74, 6) is -0.644. The molecule has 6 nitrogen and oxygen atoms in total. The van der Waals surface area contributed by atoms with E-state index in [4.69, 9.17) is 9.47 Å². The molecule has 0 aromatic carbocycles. The molecule has 0 fully saturated rings. The van der Waals surface area contributed by atoms with Crippen LogP contribution in [-0.4, -0.2) is 34.9 Å². The van der Waals surface area contributed by atoms with Gasteiger partial charge in [-0.15, -0.1) is 0 Å². The van der Waals surface area contributed by atoms with Crippen molar-refractivity contribution in [3.63, 3.8) is 0 Å². The lowest BCUT2D eigenvalue weighted by atomic mass is 10.2. The second-order valence-electron chi connectivity index (χ2n) is 4.35. The van der Waals surface area contributed by atoms with Crippen LogP contribution in [0.5, 0.6) is 0 Å². The number of ether oxygens (including phenoxy) is 2. The predicted molar refractivity (Wildman–Crippen MR) is 73.4 cm³/mol. The highest BCUT2D eigenvalue weighted by atomic mass is 16.5. The third-order valence-corrected chi connectivity index (χ3v) is 2.78. The van der Waals surface area contributed by atoms with E-state index in [-0.39, 0.29) is 11.9 Å². The highest BCUT2D eigenvalue weighted by molar-refractivity contribution is 5.87. The predicted octanol–water partition coefficient (Wildman–Crippen LogP) is 1.97. The zero-order valence-corrected chi connectivity index (χ0v) is 12.3. The Bertz CT molecular complexity index is 454. The molecule has 0 amide bonds. The molecule has 0 radical (unpaired) electrons. The zero-order chi connectivity index (χ0) is 15.0. The zero-order valence-electron chi connectivity index (χ0n) is 12.3. The first kappa shape index (κ1) is 16.2. The van der Waals surface area contributed by atoms with E-state index in [1.54, 1.807) is 17.7 Å². The van der Waals surface area contributed by atoms with Crippen molar-refractivity contribution in [2.45, 2.75) is 46.6 Å². The Kier molecular flexibility index (Phi) is 6.76. The van der Waals surface area contributed by atoms with Crippen molar-refractivity contribution in [2.24, 2.45) is 0 Å². The number of hydrogen-bond donors (Lipinski definition) is 0. The van der Waals surface area contributed by atoms with Crippen LogP contribution in [0.1, 0.15) is 49.8 Å². The van der Waals surface area contributed by atoms with E-state index in [2.05, 4.69) is 5.10 Å². The van der Waals surface area contributed by atoms with Gasteiger partial charge in [0.15, 0.2) is 5.69 Å². The van der Waals surface area contributed by atoms with Gasteiger partial charge in [-0.1, -0.05) is 0 Å². The van der Waals surface area contributed by atoms with Crippen LogP contribution in [0.2, 0.25) is 0 Å². The molecule has 1 aromatic rings. The largest absolute Gasteiger partial charge is 0.466 e. The second kappa shape index (κ2) is 8.35. The van der Waals surface area contributed by atoms with Gasteiger partial charge in [0.1, 0.15) is 0 Å². The molecule has 112 valence electrons. The van der Waals surface area contributed by atoms with Crippen LogP contribution in [-0.2, 0) is 27.2 Å². The fourth-order valence-electron chi connectivity index (χ4n) is 1.86. The first-order valence-electron chi connectivity index (χ1n) is 6.95. The van der Waals surface area contributed by atoms with Gasteiger partial charge in [0, 0.05) is 19.2 Å². The Hall–Kier alpha value is -1.85. The van der Waals surface area contributed by atoms with Gasteiger partial charge in [-0.2, -0.15) is 5.10 Å². The van der Waals surface area contributed by atoms with Crippen LogP contribution in [0.15, 0.2) is 6.07 Å². The topological polar surface area (TPSA) is 70.4 Å². The summed E-state index contributed by atoms with van der Waals surface area (Å²) in [7, 11) is 0. The molecule has 1 aromatic heterocycles. The minimum absolute atomic E-state index is 0.256. The molecule has 0 N–H and O–H groups in total. The monoisotopic (exact) mass is 282 g/mol. The average Bonchev–Trinajstić information content (AvgIpc) is 2.81. The number of rotatable bonds is 8. The fourth-order valence-corrected chi connectivity index (χ4v) is 1.86. The highest BCUT2D eigenvalue weighted by Crippen LogP contribution is 2.10. The summed E-state index contributed by atoms with van der Waals surface area (Å²) in [6.07, 6.45) is 2.46. The Morgan fingerprint density at radius 2 is 2.00 bits per heavy atom. The molecule has 0 aliphatic carbocycles.